The predicted molar refractivity (Wildman–Crippen MR) is 86.4 cm³/mol. The summed E-state index contributed by atoms with van der Waals surface area (Å²) in [6.45, 7) is 7.16. The smallest absolute Gasteiger partial charge is 0.123 e. The lowest BCUT2D eigenvalue weighted by Crippen LogP contribution is -2.20. The summed E-state index contributed by atoms with van der Waals surface area (Å²) < 4.78 is 16.1. The van der Waals surface area contributed by atoms with Gasteiger partial charge in [0.15, 0.2) is 0 Å². The van der Waals surface area contributed by atoms with Gasteiger partial charge in [-0.1, -0.05) is 6.08 Å². The van der Waals surface area contributed by atoms with E-state index < -0.39 is 0 Å². The minimum Gasteiger partial charge on any atom is -0.497 e. The third-order valence-corrected chi connectivity index (χ3v) is 3.12. The van der Waals surface area contributed by atoms with Gasteiger partial charge in [0.05, 0.1) is 20.3 Å². The molecule has 118 valence electrons. The van der Waals surface area contributed by atoms with Crippen molar-refractivity contribution in [2.45, 2.75) is 19.3 Å². The van der Waals surface area contributed by atoms with E-state index in [1.807, 2.05) is 24.3 Å². The Bertz CT molecular complexity index is 407. The Morgan fingerprint density at radius 2 is 2.00 bits per heavy atom. The molecule has 0 aliphatic rings. The van der Waals surface area contributed by atoms with E-state index in [9.17, 15) is 0 Å². The van der Waals surface area contributed by atoms with Gasteiger partial charge in [0, 0.05) is 19.2 Å². The van der Waals surface area contributed by atoms with E-state index in [0.717, 1.165) is 62.6 Å². The molecular formula is C17H27NO3. The Labute approximate surface area is 128 Å². The summed E-state index contributed by atoms with van der Waals surface area (Å²) >= 11 is 0. The summed E-state index contributed by atoms with van der Waals surface area (Å²) in [5, 5.41) is 3.32. The lowest BCUT2D eigenvalue weighted by molar-refractivity contribution is 0.199. The van der Waals surface area contributed by atoms with Crippen molar-refractivity contribution in [2.75, 3.05) is 40.5 Å². The van der Waals surface area contributed by atoms with Crippen LogP contribution in [0.15, 0.2) is 30.9 Å². The molecule has 1 aromatic rings. The average Bonchev–Trinajstić information content (AvgIpc) is 2.51. The number of methoxy groups -OCH3 is 2. The van der Waals surface area contributed by atoms with Crippen LogP contribution in [0.5, 0.6) is 11.5 Å². The molecule has 0 unspecified atom stereocenters. The van der Waals surface area contributed by atoms with Gasteiger partial charge in [-0.25, -0.2) is 0 Å². The van der Waals surface area contributed by atoms with E-state index >= 15 is 0 Å². The van der Waals surface area contributed by atoms with E-state index in [4.69, 9.17) is 14.2 Å². The van der Waals surface area contributed by atoms with Gasteiger partial charge >= 0.3 is 0 Å². The highest BCUT2D eigenvalue weighted by atomic mass is 16.5. The lowest BCUT2D eigenvalue weighted by Gasteiger charge is -2.12. The van der Waals surface area contributed by atoms with Crippen LogP contribution in [0, 0.1) is 0 Å². The van der Waals surface area contributed by atoms with E-state index in [1.54, 1.807) is 14.2 Å². The first kappa shape index (κ1) is 17.5. The predicted octanol–water partition coefficient (Wildman–Crippen LogP) is 2.82. The summed E-state index contributed by atoms with van der Waals surface area (Å²) in [7, 11) is 3.38. The van der Waals surface area contributed by atoms with Gasteiger partial charge in [0.2, 0.25) is 0 Å². The third-order valence-electron chi connectivity index (χ3n) is 3.12. The SMILES string of the molecule is C=CCc1cc(OC)ccc1OCCCCNCCOC. The fourth-order valence-electron chi connectivity index (χ4n) is 1.97. The van der Waals surface area contributed by atoms with Crippen molar-refractivity contribution in [3.05, 3.63) is 36.4 Å². The number of hydrogen-bond donors (Lipinski definition) is 1. The normalized spacial score (nSPS) is 10.4. The molecule has 0 spiro atoms. The maximum atomic E-state index is 5.86. The molecule has 0 saturated carbocycles. The van der Waals surface area contributed by atoms with Crippen molar-refractivity contribution >= 4 is 0 Å². The molecule has 0 radical (unpaired) electrons. The number of benzene rings is 1. The van der Waals surface area contributed by atoms with E-state index in [0.29, 0.717) is 0 Å². The molecule has 0 saturated heterocycles. The first-order valence-corrected chi connectivity index (χ1v) is 7.42. The third kappa shape index (κ3) is 7.16. The molecule has 1 aromatic carbocycles. The van der Waals surface area contributed by atoms with Crippen molar-refractivity contribution < 1.29 is 14.2 Å². The molecule has 0 bridgehead atoms. The molecule has 0 heterocycles. The Hall–Kier alpha value is -1.52. The van der Waals surface area contributed by atoms with Crippen LogP contribution in [-0.2, 0) is 11.2 Å². The van der Waals surface area contributed by atoms with Gasteiger partial charge < -0.3 is 19.5 Å². The largest absolute Gasteiger partial charge is 0.497 e. The second-order valence-corrected chi connectivity index (χ2v) is 4.76. The molecular weight excluding hydrogens is 266 g/mol. The van der Waals surface area contributed by atoms with Crippen LogP contribution in [0.1, 0.15) is 18.4 Å². The second kappa shape index (κ2) is 11.2. The first-order chi connectivity index (χ1) is 10.3. The molecule has 4 nitrogen and oxygen atoms in total. The fraction of sp³-hybridized carbons (Fsp3) is 0.529. The van der Waals surface area contributed by atoms with Crippen LogP contribution in [-0.4, -0.2) is 40.5 Å². The number of allylic oxidation sites excluding steroid dienone is 1. The van der Waals surface area contributed by atoms with Gasteiger partial charge in [-0.15, -0.1) is 6.58 Å². The van der Waals surface area contributed by atoms with E-state index in [-0.39, 0.29) is 0 Å². The summed E-state index contributed by atoms with van der Waals surface area (Å²) in [6.07, 6.45) is 4.78. The number of ether oxygens (including phenoxy) is 3. The zero-order chi connectivity index (χ0) is 15.3. The highest BCUT2D eigenvalue weighted by Gasteiger charge is 2.04. The highest BCUT2D eigenvalue weighted by molar-refractivity contribution is 5.41. The molecule has 0 aliphatic heterocycles. The summed E-state index contributed by atoms with van der Waals surface area (Å²) in [4.78, 5) is 0. The Balaban J connectivity index is 2.29. The molecule has 0 aliphatic carbocycles. The topological polar surface area (TPSA) is 39.7 Å². The van der Waals surface area contributed by atoms with Crippen molar-refractivity contribution in [1.82, 2.24) is 5.32 Å². The number of hydrogen-bond acceptors (Lipinski definition) is 4. The van der Waals surface area contributed by atoms with Crippen molar-refractivity contribution in [2.24, 2.45) is 0 Å². The van der Waals surface area contributed by atoms with E-state index in [2.05, 4.69) is 11.9 Å². The van der Waals surface area contributed by atoms with Crippen LogP contribution in [0.2, 0.25) is 0 Å². The van der Waals surface area contributed by atoms with Crippen LogP contribution in [0.4, 0.5) is 0 Å². The number of nitrogens with one attached hydrogen (secondary N) is 1. The van der Waals surface area contributed by atoms with Crippen LogP contribution < -0.4 is 14.8 Å². The average molecular weight is 293 g/mol. The Morgan fingerprint density at radius 1 is 1.14 bits per heavy atom. The summed E-state index contributed by atoms with van der Waals surface area (Å²) in [5.41, 5.74) is 1.11. The van der Waals surface area contributed by atoms with Crippen molar-refractivity contribution in [3.8, 4) is 11.5 Å². The number of rotatable bonds is 12. The second-order valence-electron chi connectivity index (χ2n) is 4.76. The van der Waals surface area contributed by atoms with Gasteiger partial charge in [-0.05, 0) is 44.0 Å². The van der Waals surface area contributed by atoms with Gasteiger partial charge in [-0.3, -0.25) is 0 Å². The number of unbranched alkanes of at least 4 members (excludes halogenated alkanes) is 1. The van der Waals surface area contributed by atoms with Crippen LogP contribution in [0.3, 0.4) is 0 Å². The Kier molecular flexibility index (Phi) is 9.33. The first-order valence-electron chi connectivity index (χ1n) is 7.42. The van der Waals surface area contributed by atoms with Gasteiger partial charge in [0.25, 0.3) is 0 Å². The van der Waals surface area contributed by atoms with Crippen molar-refractivity contribution in [3.63, 3.8) is 0 Å². The molecule has 1 N–H and O–H groups in total. The summed E-state index contributed by atoms with van der Waals surface area (Å²) in [5.74, 6) is 1.77. The molecule has 0 aromatic heterocycles. The lowest BCUT2D eigenvalue weighted by atomic mass is 10.1. The highest BCUT2D eigenvalue weighted by Crippen LogP contribution is 2.25. The quantitative estimate of drug-likeness (QED) is 0.475. The zero-order valence-corrected chi connectivity index (χ0v) is 13.2. The van der Waals surface area contributed by atoms with Gasteiger partial charge in [0.1, 0.15) is 11.5 Å². The van der Waals surface area contributed by atoms with Crippen LogP contribution >= 0.6 is 0 Å². The molecule has 0 fully saturated rings. The minimum atomic E-state index is 0.725. The van der Waals surface area contributed by atoms with Gasteiger partial charge in [-0.2, -0.15) is 0 Å². The zero-order valence-electron chi connectivity index (χ0n) is 13.2. The fourth-order valence-corrected chi connectivity index (χ4v) is 1.97. The minimum absolute atomic E-state index is 0.725. The molecule has 1 rings (SSSR count). The van der Waals surface area contributed by atoms with E-state index in [1.165, 1.54) is 0 Å². The van der Waals surface area contributed by atoms with Crippen LogP contribution in [0.25, 0.3) is 0 Å². The molecule has 4 heteroatoms. The van der Waals surface area contributed by atoms with Crippen molar-refractivity contribution in [1.29, 1.82) is 0 Å². The maximum absolute atomic E-state index is 5.86. The monoisotopic (exact) mass is 293 g/mol. The maximum Gasteiger partial charge on any atom is 0.123 e. The molecule has 0 atom stereocenters. The molecule has 21 heavy (non-hydrogen) atoms. The molecule has 0 amide bonds. The Morgan fingerprint density at radius 3 is 2.71 bits per heavy atom. The standard InChI is InChI=1S/C17H27NO3/c1-4-7-15-14-16(20-3)8-9-17(15)21-12-6-5-10-18-11-13-19-2/h4,8-9,14,18H,1,5-7,10-13H2,2-3H3. The summed E-state index contributed by atoms with van der Waals surface area (Å²) in [6, 6.07) is 5.89.